The van der Waals surface area contributed by atoms with Crippen molar-refractivity contribution in [3.63, 3.8) is 0 Å². The second kappa shape index (κ2) is 4.21. The molecule has 9 heteroatoms. The molecule has 0 aliphatic rings. The molecule has 1 heterocycles. The van der Waals surface area contributed by atoms with Crippen LogP contribution in [0.5, 0.6) is 0 Å². The maximum absolute atomic E-state index is 11.8. The minimum atomic E-state index is -4.43. The highest BCUT2D eigenvalue weighted by atomic mass is 19.4. The molecule has 0 saturated carbocycles. The van der Waals surface area contributed by atoms with Crippen LogP contribution in [0.1, 0.15) is 0 Å². The van der Waals surface area contributed by atoms with Crippen molar-refractivity contribution < 1.29 is 18.1 Å². The number of nitro groups is 1. The molecule has 0 unspecified atom stereocenters. The summed E-state index contributed by atoms with van der Waals surface area (Å²) in [5.74, 6) is -0.511. The van der Waals surface area contributed by atoms with Crippen molar-refractivity contribution in [3.05, 3.63) is 22.2 Å². The average Bonchev–Trinajstić information content (AvgIpc) is 2.13. The molecule has 88 valence electrons. The van der Waals surface area contributed by atoms with Crippen LogP contribution < -0.4 is 11.1 Å². The Morgan fingerprint density at radius 3 is 2.62 bits per heavy atom. The molecule has 6 nitrogen and oxygen atoms in total. The molecule has 1 aromatic rings. The number of alkyl halides is 3. The Kier molecular flexibility index (Phi) is 3.16. The number of anilines is 2. The van der Waals surface area contributed by atoms with E-state index in [1.54, 1.807) is 0 Å². The summed E-state index contributed by atoms with van der Waals surface area (Å²) in [7, 11) is 0. The zero-order valence-electron chi connectivity index (χ0n) is 7.78. The Hall–Kier alpha value is -2.06. The van der Waals surface area contributed by atoms with Gasteiger partial charge in [0.05, 0.1) is 17.1 Å². The van der Waals surface area contributed by atoms with E-state index >= 15 is 0 Å². The van der Waals surface area contributed by atoms with Crippen molar-refractivity contribution in [1.82, 2.24) is 4.98 Å². The molecule has 0 fully saturated rings. The summed E-state index contributed by atoms with van der Waals surface area (Å²) in [5.41, 5.74) is 4.78. The Bertz CT molecular complexity index is 407. The number of aromatic nitrogens is 1. The molecule has 0 aromatic carbocycles. The zero-order valence-corrected chi connectivity index (χ0v) is 7.78. The van der Waals surface area contributed by atoms with E-state index < -0.39 is 23.3 Å². The van der Waals surface area contributed by atoms with Gasteiger partial charge in [0.15, 0.2) is 0 Å². The van der Waals surface area contributed by atoms with Crippen LogP contribution >= 0.6 is 0 Å². The molecule has 0 spiro atoms. The summed E-state index contributed by atoms with van der Waals surface area (Å²) in [5, 5.41) is 12.3. The van der Waals surface area contributed by atoms with Crippen molar-refractivity contribution in [1.29, 1.82) is 0 Å². The average molecular weight is 236 g/mol. The lowest BCUT2D eigenvalue weighted by atomic mass is 10.3. The molecule has 0 atom stereocenters. The molecule has 0 aliphatic heterocycles. The predicted molar refractivity (Wildman–Crippen MR) is 49.8 cm³/mol. The predicted octanol–water partition coefficient (Wildman–Crippen LogP) is 1.55. The van der Waals surface area contributed by atoms with Gasteiger partial charge in [-0.1, -0.05) is 0 Å². The van der Waals surface area contributed by atoms with E-state index in [2.05, 4.69) is 4.98 Å². The monoisotopic (exact) mass is 236 g/mol. The van der Waals surface area contributed by atoms with E-state index in [0.717, 1.165) is 12.1 Å². The van der Waals surface area contributed by atoms with Crippen molar-refractivity contribution in [3.8, 4) is 0 Å². The van der Waals surface area contributed by atoms with Gasteiger partial charge < -0.3 is 11.1 Å². The minimum Gasteiger partial charge on any atom is -0.383 e. The normalized spacial score (nSPS) is 11.2. The van der Waals surface area contributed by atoms with Crippen molar-refractivity contribution >= 4 is 17.3 Å². The van der Waals surface area contributed by atoms with Crippen LogP contribution in [0.15, 0.2) is 12.1 Å². The van der Waals surface area contributed by atoms with Gasteiger partial charge in [0, 0.05) is 0 Å². The van der Waals surface area contributed by atoms with Crippen molar-refractivity contribution in [2.45, 2.75) is 6.18 Å². The van der Waals surface area contributed by atoms with Crippen LogP contribution in [0, 0.1) is 10.1 Å². The van der Waals surface area contributed by atoms with E-state index in [1.165, 1.54) is 0 Å². The summed E-state index contributed by atoms with van der Waals surface area (Å²) in [6.45, 7) is -1.33. The molecule has 16 heavy (non-hydrogen) atoms. The van der Waals surface area contributed by atoms with Gasteiger partial charge in [-0.2, -0.15) is 13.2 Å². The first kappa shape index (κ1) is 12.0. The van der Waals surface area contributed by atoms with Crippen molar-refractivity contribution in [2.75, 3.05) is 17.6 Å². The fourth-order valence-electron chi connectivity index (χ4n) is 0.924. The van der Waals surface area contributed by atoms with Gasteiger partial charge in [-0.15, -0.1) is 0 Å². The fourth-order valence-corrected chi connectivity index (χ4v) is 0.924. The first-order chi connectivity index (χ1) is 7.28. The molecular formula is C7H7F3N4O2. The van der Waals surface area contributed by atoms with E-state index in [0.29, 0.717) is 0 Å². The number of nitrogens with one attached hydrogen (secondary N) is 1. The second-order valence-electron chi connectivity index (χ2n) is 2.86. The minimum absolute atomic E-state index is 0.223. The third-order valence-electron chi connectivity index (χ3n) is 1.51. The number of pyridine rings is 1. The molecule has 1 aromatic heterocycles. The Morgan fingerprint density at radius 1 is 1.50 bits per heavy atom. The van der Waals surface area contributed by atoms with E-state index in [9.17, 15) is 23.3 Å². The van der Waals surface area contributed by atoms with Crippen LogP contribution in [0.4, 0.5) is 30.5 Å². The second-order valence-corrected chi connectivity index (χ2v) is 2.86. The van der Waals surface area contributed by atoms with E-state index in [4.69, 9.17) is 5.73 Å². The summed E-state index contributed by atoms with van der Waals surface area (Å²) in [6.07, 6.45) is -4.43. The van der Waals surface area contributed by atoms with Gasteiger partial charge in [0.1, 0.15) is 18.2 Å². The largest absolute Gasteiger partial charge is 0.405 e. The zero-order chi connectivity index (χ0) is 12.3. The smallest absolute Gasteiger partial charge is 0.383 e. The van der Waals surface area contributed by atoms with Crippen LogP contribution in [0.25, 0.3) is 0 Å². The molecule has 0 bridgehead atoms. The summed E-state index contributed by atoms with van der Waals surface area (Å²) >= 11 is 0. The number of hydrogen-bond acceptors (Lipinski definition) is 5. The lowest BCUT2D eigenvalue weighted by Crippen LogP contribution is -2.22. The van der Waals surface area contributed by atoms with E-state index in [-0.39, 0.29) is 11.6 Å². The Morgan fingerprint density at radius 2 is 2.12 bits per heavy atom. The molecular weight excluding hydrogens is 229 g/mol. The molecule has 1 rings (SSSR count). The third-order valence-corrected chi connectivity index (χ3v) is 1.51. The highest BCUT2D eigenvalue weighted by molar-refractivity contribution is 5.52. The molecule has 0 aliphatic carbocycles. The Balaban J connectivity index is 2.85. The SMILES string of the molecule is Nc1cc([N+](=O)[O-])cc(NCC(F)(F)F)n1. The quantitative estimate of drug-likeness (QED) is 0.613. The summed E-state index contributed by atoms with van der Waals surface area (Å²) in [6, 6.07) is 1.83. The summed E-state index contributed by atoms with van der Waals surface area (Å²) < 4.78 is 35.5. The lowest BCUT2D eigenvalue weighted by molar-refractivity contribution is -0.384. The number of rotatable bonds is 3. The third kappa shape index (κ3) is 3.59. The number of nitrogen functional groups attached to an aromatic ring is 1. The van der Waals surface area contributed by atoms with Crippen molar-refractivity contribution in [2.24, 2.45) is 0 Å². The highest BCUT2D eigenvalue weighted by Gasteiger charge is 2.27. The first-order valence-corrected chi connectivity index (χ1v) is 4.00. The number of hydrogen-bond donors (Lipinski definition) is 2. The standard InChI is InChI=1S/C7H7F3N4O2/c8-7(9,10)3-12-6-2-4(14(15)16)1-5(11)13-6/h1-2H,3H2,(H3,11,12,13). The van der Waals surface area contributed by atoms with Crippen LogP contribution in [-0.2, 0) is 0 Å². The van der Waals surface area contributed by atoms with Gasteiger partial charge in [-0.3, -0.25) is 10.1 Å². The Labute approximate surface area is 87.4 Å². The van der Waals surface area contributed by atoms with Gasteiger partial charge in [0.25, 0.3) is 5.69 Å². The topological polar surface area (TPSA) is 94.1 Å². The van der Waals surface area contributed by atoms with Crippen LogP contribution in [-0.4, -0.2) is 22.6 Å². The van der Waals surface area contributed by atoms with Gasteiger partial charge >= 0.3 is 6.18 Å². The van der Waals surface area contributed by atoms with Gasteiger partial charge in [0.2, 0.25) is 0 Å². The molecule has 0 radical (unpaired) electrons. The molecule has 0 amide bonds. The fraction of sp³-hybridized carbons (Fsp3) is 0.286. The lowest BCUT2D eigenvalue weighted by Gasteiger charge is -2.08. The summed E-state index contributed by atoms with van der Waals surface area (Å²) in [4.78, 5) is 13.1. The molecule has 0 saturated heterocycles. The maximum atomic E-state index is 11.8. The van der Waals surface area contributed by atoms with Crippen LogP contribution in [0.3, 0.4) is 0 Å². The van der Waals surface area contributed by atoms with Gasteiger partial charge in [-0.25, -0.2) is 4.98 Å². The maximum Gasteiger partial charge on any atom is 0.405 e. The number of nitrogens with two attached hydrogens (primary N) is 1. The molecule has 3 N–H and O–H groups in total. The van der Waals surface area contributed by atoms with Crippen LogP contribution in [0.2, 0.25) is 0 Å². The number of halogens is 3. The first-order valence-electron chi connectivity index (χ1n) is 4.00. The van der Waals surface area contributed by atoms with Gasteiger partial charge in [-0.05, 0) is 0 Å². The highest BCUT2D eigenvalue weighted by Crippen LogP contribution is 2.20. The van der Waals surface area contributed by atoms with E-state index in [1.807, 2.05) is 5.32 Å². The number of nitrogens with zero attached hydrogens (tertiary/aromatic N) is 2.